The molecule has 0 bridgehead atoms. The van der Waals surface area contributed by atoms with Crippen LogP contribution in [0.15, 0.2) is 95.6 Å². The molecule has 1 aliphatic carbocycles. The Hall–Kier alpha value is -2.47. The number of nitrogens with zero attached hydrogens (tertiary/aromatic N) is 1. The van der Waals surface area contributed by atoms with Gasteiger partial charge in [0.05, 0.1) is 0 Å². The molecule has 5 heteroatoms. The topological polar surface area (TPSA) is 33.6 Å². The molecule has 29 heavy (non-hydrogen) atoms. The van der Waals surface area contributed by atoms with Crippen LogP contribution in [0.25, 0.3) is 0 Å². The summed E-state index contributed by atoms with van der Waals surface area (Å²) in [6.07, 6.45) is 7.53. The normalized spacial score (nSPS) is 18.6. The number of hydrogen-bond acceptors (Lipinski definition) is 3. The van der Waals surface area contributed by atoms with E-state index in [0.29, 0.717) is 0 Å². The first-order chi connectivity index (χ1) is 14.4. The van der Waals surface area contributed by atoms with Crippen molar-refractivity contribution in [1.29, 1.82) is 0 Å². The molecule has 0 aromatic heterocycles. The van der Waals surface area contributed by atoms with Gasteiger partial charge in [0.1, 0.15) is 0 Å². The van der Waals surface area contributed by atoms with Crippen LogP contribution in [0.1, 0.15) is 6.42 Å². The zero-order valence-electron chi connectivity index (χ0n) is 15.6. The van der Waals surface area contributed by atoms with E-state index in [9.17, 15) is 0 Å². The zero-order valence-corrected chi connectivity index (χ0v) is 19.6. The number of rotatable bonds is 2. The predicted molar refractivity (Wildman–Crippen MR) is 122 cm³/mol. The summed E-state index contributed by atoms with van der Waals surface area (Å²) in [5.74, 6) is 1.04. The standard InChI is InChI=1S/C24H18As2N2O/c1-4-11-19-16(8-1)25-24-22(27-19)14-7-15-23(24)29-26-17-9-2-5-12-20(17)28-21-13-6-3-10-18(21)26/h1-9,11-15,26,28H,10H2. The predicted octanol–water partition coefficient (Wildman–Crippen LogP) is 2.27. The van der Waals surface area contributed by atoms with Crippen LogP contribution < -0.4 is 23.1 Å². The third-order valence-corrected chi connectivity index (χ3v) is 13.0. The van der Waals surface area contributed by atoms with Crippen LogP contribution in [0.4, 0.5) is 11.4 Å². The second-order valence-corrected chi connectivity index (χ2v) is 13.8. The Morgan fingerprint density at radius 2 is 1.86 bits per heavy atom. The maximum atomic E-state index is 6.94. The van der Waals surface area contributed by atoms with Gasteiger partial charge in [0.15, 0.2) is 0 Å². The van der Waals surface area contributed by atoms with Crippen LogP contribution in [0.2, 0.25) is 0 Å². The Labute approximate surface area is 179 Å². The van der Waals surface area contributed by atoms with E-state index >= 15 is 0 Å². The molecule has 3 aromatic carbocycles. The van der Waals surface area contributed by atoms with Crippen molar-refractivity contribution in [3.05, 3.63) is 100.0 Å². The molecule has 6 rings (SSSR count). The fourth-order valence-electron chi connectivity index (χ4n) is 3.92. The Morgan fingerprint density at radius 1 is 0.966 bits per heavy atom. The van der Waals surface area contributed by atoms with Crippen LogP contribution in [0.3, 0.4) is 0 Å². The summed E-state index contributed by atoms with van der Waals surface area (Å²) in [5, 5.41) is 4.69. The molecule has 3 nitrogen and oxygen atoms in total. The van der Waals surface area contributed by atoms with Gasteiger partial charge in [-0.15, -0.1) is 0 Å². The van der Waals surface area contributed by atoms with Crippen molar-refractivity contribution in [1.82, 2.24) is 0 Å². The first-order valence-electron chi connectivity index (χ1n) is 9.67. The van der Waals surface area contributed by atoms with E-state index in [1.807, 2.05) is 0 Å². The van der Waals surface area contributed by atoms with Crippen molar-refractivity contribution in [2.45, 2.75) is 6.42 Å². The van der Waals surface area contributed by atoms with Gasteiger partial charge in [-0.25, -0.2) is 0 Å². The van der Waals surface area contributed by atoms with E-state index in [1.54, 1.807) is 0 Å². The number of benzene rings is 3. The van der Waals surface area contributed by atoms with E-state index in [1.165, 1.54) is 28.3 Å². The number of hydrogen-bond donors (Lipinski definition) is 1. The summed E-state index contributed by atoms with van der Waals surface area (Å²) in [6, 6.07) is 23.5. The fourth-order valence-corrected chi connectivity index (χ4v) is 11.4. The van der Waals surface area contributed by atoms with E-state index in [4.69, 9.17) is 8.72 Å². The molecule has 0 spiro atoms. The molecule has 3 aromatic rings. The van der Waals surface area contributed by atoms with Gasteiger partial charge in [0.25, 0.3) is 0 Å². The number of para-hydroxylation sites is 2. The van der Waals surface area contributed by atoms with E-state index in [2.05, 4.69) is 90.3 Å². The maximum absolute atomic E-state index is 6.94. The summed E-state index contributed by atoms with van der Waals surface area (Å²) in [7, 11) is 0. The van der Waals surface area contributed by atoms with E-state index in [-0.39, 0.29) is 15.3 Å². The van der Waals surface area contributed by atoms with Crippen molar-refractivity contribution in [2.75, 3.05) is 5.32 Å². The van der Waals surface area contributed by atoms with E-state index in [0.717, 1.165) is 23.2 Å². The molecule has 1 atom stereocenters. The van der Waals surface area contributed by atoms with Crippen molar-refractivity contribution < 1.29 is 3.73 Å². The second-order valence-electron chi connectivity index (χ2n) is 7.13. The van der Waals surface area contributed by atoms with Crippen molar-refractivity contribution >= 4 is 54.2 Å². The number of anilines is 1. The first kappa shape index (κ1) is 17.4. The molecular formula is C24H18As2N2O. The van der Waals surface area contributed by atoms with Crippen molar-refractivity contribution in [3.8, 4) is 5.75 Å². The minimum absolute atomic E-state index is 0.135. The zero-order chi connectivity index (χ0) is 19.2. The van der Waals surface area contributed by atoms with Gasteiger partial charge >= 0.3 is 180 Å². The van der Waals surface area contributed by atoms with Gasteiger partial charge in [-0.1, -0.05) is 0 Å². The molecular weight excluding hydrogens is 482 g/mol. The monoisotopic (exact) mass is 500 g/mol. The van der Waals surface area contributed by atoms with Crippen LogP contribution in [-0.4, -0.2) is 34.2 Å². The molecule has 0 amide bonds. The Morgan fingerprint density at radius 3 is 2.86 bits per heavy atom. The summed E-state index contributed by atoms with van der Waals surface area (Å²) < 4.78 is 12.4. The molecule has 1 N–H and O–H groups in total. The summed E-state index contributed by atoms with van der Waals surface area (Å²) in [5.41, 5.74) is 3.54. The molecule has 140 valence electrons. The third kappa shape index (κ3) is 3.01. The average molecular weight is 500 g/mol. The number of nitrogens with one attached hydrogen (secondary N) is 1. The molecule has 0 fully saturated rings. The Kier molecular flexibility index (Phi) is 4.25. The van der Waals surface area contributed by atoms with E-state index < -0.39 is 14.6 Å². The van der Waals surface area contributed by atoms with Crippen LogP contribution in [0, 0.1) is 3.95 Å². The Balaban J connectivity index is 1.54. The van der Waals surface area contributed by atoms with Crippen molar-refractivity contribution in [3.63, 3.8) is 0 Å². The molecule has 3 aliphatic rings. The summed E-state index contributed by atoms with van der Waals surface area (Å²) in [6.45, 7) is 0. The Bertz CT molecular complexity index is 1390. The second kappa shape index (κ2) is 7.09. The minimum atomic E-state index is -2.16. The van der Waals surface area contributed by atoms with Gasteiger partial charge in [0, 0.05) is 0 Å². The number of fused-ring (bicyclic) bond motifs is 4. The quantitative estimate of drug-likeness (QED) is 0.429. The molecule has 1 unspecified atom stereocenters. The van der Waals surface area contributed by atoms with Gasteiger partial charge in [-0.3, -0.25) is 0 Å². The van der Waals surface area contributed by atoms with Gasteiger partial charge in [-0.2, -0.15) is 0 Å². The van der Waals surface area contributed by atoms with Crippen molar-refractivity contribution in [2.24, 2.45) is 4.99 Å². The summed E-state index contributed by atoms with van der Waals surface area (Å²) >= 11 is -2.30. The first-order valence-corrected chi connectivity index (χ1v) is 14.5. The molecule has 0 saturated heterocycles. The van der Waals surface area contributed by atoms with Gasteiger partial charge in [0.2, 0.25) is 0 Å². The molecule has 2 heterocycles. The molecule has 0 radical (unpaired) electrons. The van der Waals surface area contributed by atoms with Gasteiger partial charge in [-0.05, 0) is 0 Å². The average Bonchev–Trinajstić information content (AvgIpc) is 2.78. The third-order valence-electron chi connectivity index (χ3n) is 5.31. The SMILES string of the molecule is C1=CCC2=[AsH](Oc3cccc4c3=[As]c3ccccc3N=4)c3ccccc3NC2=C1. The van der Waals surface area contributed by atoms with Gasteiger partial charge < -0.3 is 0 Å². The van der Waals surface area contributed by atoms with Crippen LogP contribution >= 0.6 is 0 Å². The van der Waals surface area contributed by atoms with Crippen LogP contribution in [-0.2, 0) is 0 Å². The van der Waals surface area contributed by atoms with Crippen LogP contribution in [0.5, 0.6) is 5.75 Å². The fraction of sp³-hybridized carbons (Fsp3) is 0.0417. The number of allylic oxidation sites excluding steroid dienone is 4. The summed E-state index contributed by atoms with van der Waals surface area (Å²) in [4.78, 5) is 4.91. The molecule has 0 saturated carbocycles. The molecule has 2 aliphatic heterocycles.